The molecular weight excluding hydrogens is 916 g/mol. The number of nitrogens with zero attached hydrogens (tertiary/aromatic N) is 4. The summed E-state index contributed by atoms with van der Waals surface area (Å²) in [5.41, 5.74) is 9.60. The molecule has 0 unspecified atom stereocenters. The third-order valence-corrected chi connectivity index (χ3v) is 11.8. The Bertz CT molecular complexity index is 2950. The topological polar surface area (TPSA) is 35.9 Å². The second-order valence-electron chi connectivity index (χ2n) is 17.4. The zero-order chi connectivity index (χ0) is 40.9. The van der Waals surface area contributed by atoms with Crippen molar-refractivity contribution in [2.24, 2.45) is 0 Å². The first-order valence-corrected chi connectivity index (χ1v) is 20.3. The predicted octanol–water partition coefficient (Wildman–Crippen LogP) is 12.4. The number of imidazole rings is 1. The Kier molecular flexibility index (Phi) is 10.8. The van der Waals surface area contributed by atoms with Gasteiger partial charge < -0.3 is 13.9 Å². The minimum absolute atomic E-state index is 0. The monoisotopic (exact) mass is 963 g/mol. The first kappa shape index (κ1) is 40.7. The molecule has 9 rings (SSSR count). The number of ether oxygens (including phenoxy) is 1. The minimum atomic E-state index is -0.229. The number of hydrogen-bond acceptors (Lipinski definition) is 2. The molecule has 3 aromatic heterocycles. The zero-order valence-electron chi connectivity index (χ0n) is 35.1. The van der Waals surface area contributed by atoms with Crippen molar-refractivity contribution in [1.82, 2.24) is 14.1 Å². The smallest absolute Gasteiger partial charge is 0.267 e. The molecule has 0 N–H and O–H groups in total. The van der Waals surface area contributed by atoms with Crippen molar-refractivity contribution in [2.75, 3.05) is 0 Å². The van der Waals surface area contributed by atoms with E-state index in [1.807, 2.05) is 52.0 Å². The molecule has 6 aromatic carbocycles. The number of benzene rings is 6. The van der Waals surface area contributed by atoms with Gasteiger partial charge in [-0.3, -0.25) is 4.57 Å². The van der Waals surface area contributed by atoms with Crippen LogP contribution in [-0.4, -0.2) is 14.1 Å². The number of aromatic nitrogens is 4. The number of pyridine rings is 1. The van der Waals surface area contributed by atoms with Gasteiger partial charge in [0, 0.05) is 67.5 Å². The first-order chi connectivity index (χ1) is 28.4. The average molecular weight is 964 g/mol. The van der Waals surface area contributed by atoms with Gasteiger partial charge in [0.05, 0.1) is 5.69 Å². The molecule has 60 heavy (non-hydrogen) atoms. The normalized spacial score (nSPS) is 12.1. The molecule has 0 bridgehead atoms. The van der Waals surface area contributed by atoms with Gasteiger partial charge in [-0.2, -0.15) is 18.2 Å². The Balaban J connectivity index is 0.00000499. The van der Waals surface area contributed by atoms with Gasteiger partial charge in [-0.25, -0.2) is 4.98 Å². The van der Waals surface area contributed by atoms with Crippen LogP contribution in [0, 0.1) is 18.5 Å². The van der Waals surface area contributed by atoms with Crippen LogP contribution in [0.5, 0.6) is 11.5 Å². The molecule has 0 fully saturated rings. The molecule has 3 heterocycles. The van der Waals surface area contributed by atoms with Crippen LogP contribution < -0.4 is 9.30 Å². The predicted molar refractivity (Wildman–Crippen MR) is 238 cm³/mol. The molecule has 6 heteroatoms. The summed E-state index contributed by atoms with van der Waals surface area (Å²) in [6, 6.07) is 58.1. The molecule has 0 aliphatic carbocycles. The fourth-order valence-corrected chi connectivity index (χ4v) is 8.26. The second-order valence-corrected chi connectivity index (χ2v) is 17.4. The summed E-state index contributed by atoms with van der Waals surface area (Å²) >= 11 is 0. The van der Waals surface area contributed by atoms with E-state index in [4.69, 9.17) is 9.72 Å². The fourth-order valence-electron chi connectivity index (χ4n) is 8.26. The van der Waals surface area contributed by atoms with Crippen LogP contribution in [0.1, 0.15) is 76.3 Å². The van der Waals surface area contributed by atoms with Gasteiger partial charge in [0.2, 0.25) is 0 Å². The molecule has 0 aliphatic rings. The summed E-state index contributed by atoms with van der Waals surface area (Å²) in [6.07, 6.45) is 9.43. The Morgan fingerprint density at radius 2 is 1.23 bits per heavy atom. The van der Waals surface area contributed by atoms with Crippen LogP contribution in [-0.2, 0) is 37.3 Å². The summed E-state index contributed by atoms with van der Waals surface area (Å²) in [6.45, 7) is 15.9. The van der Waals surface area contributed by atoms with Crippen molar-refractivity contribution in [3.05, 3.63) is 210 Å². The van der Waals surface area contributed by atoms with Crippen LogP contribution >= 0.6 is 0 Å². The van der Waals surface area contributed by atoms with Gasteiger partial charge in [-0.15, -0.1) is 29.7 Å². The molecule has 0 aliphatic heterocycles. The number of rotatable bonds is 9. The molecular formula is C54H48N4OPt-2. The van der Waals surface area contributed by atoms with E-state index in [-0.39, 0.29) is 37.3 Å². The SMILES string of the molecule is CC(C)(C)c1cccc2c1c1ccc(Oc3[c-]c(-n4[c-][n+](-c5cccc(C(C)(C)c6ccccc6)c5)cc4)ccc3)[c-]c1n2-c1cc(C(C)(C)c2ccccc2)ccn1.[Pt]. The standard InChI is InChI=1S/C54H48N4O.Pt/c1-52(2,3)47-25-16-26-48-51(47)46-28-27-45(36-49(46)58(48)50-34-41(29-30-55-50)54(6,7)39-19-12-9-13-20-39)59-44-24-15-23-43(35-44)57-32-31-56(37-57)42-22-14-21-40(33-42)53(4,5)38-17-10-8-11-18-38;/h8-34H,1-7H3;/q-2;. The van der Waals surface area contributed by atoms with Crippen LogP contribution in [0.15, 0.2) is 164 Å². The summed E-state index contributed by atoms with van der Waals surface area (Å²) in [7, 11) is 0. The van der Waals surface area contributed by atoms with Crippen molar-refractivity contribution in [3.63, 3.8) is 0 Å². The van der Waals surface area contributed by atoms with E-state index in [1.54, 1.807) is 0 Å². The summed E-state index contributed by atoms with van der Waals surface area (Å²) in [5, 5.41) is 2.30. The van der Waals surface area contributed by atoms with E-state index in [0.717, 1.165) is 33.6 Å². The van der Waals surface area contributed by atoms with E-state index < -0.39 is 0 Å². The van der Waals surface area contributed by atoms with E-state index in [2.05, 4.69) is 193 Å². The van der Waals surface area contributed by atoms with E-state index >= 15 is 0 Å². The van der Waals surface area contributed by atoms with Crippen LogP contribution in [0.4, 0.5) is 0 Å². The van der Waals surface area contributed by atoms with Crippen molar-refractivity contribution < 1.29 is 30.4 Å². The largest absolute Gasteiger partial charge is 0.510 e. The van der Waals surface area contributed by atoms with Crippen LogP contribution in [0.2, 0.25) is 0 Å². The third-order valence-electron chi connectivity index (χ3n) is 11.8. The summed E-state index contributed by atoms with van der Waals surface area (Å²) in [5.74, 6) is 2.02. The third kappa shape index (κ3) is 7.52. The summed E-state index contributed by atoms with van der Waals surface area (Å²) < 4.78 is 12.8. The Morgan fingerprint density at radius 1 is 0.600 bits per heavy atom. The molecule has 0 spiro atoms. The van der Waals surface area contributed by atoms with Gasteiger partial charge in [0.15, 0.2) is 0 Å². The molecule has 0 amide bonds. The second kappa shape index (κ2) is 15.9. The number of fused-ring (bicyclic) bond motifs is 3. The quantitative estimate of drug-likeness (QED) is 0.107. The fraction of sp³-hybridized carbons (Fsp3) is 0.185. The molecule has 0 saturated carbocycles. The van der Waals surface area contributed by atoms with E-state index in [9.17, 15) is 0 Å². The van der Waals surface area contributed by atoms with Crippen molar-refractivity contribution in [3.8, 4) is 28.7 Å². The zero-order valence-corrected chi connectivity index (χ0v) is 37.4. The maximum absolute atomic E-state index is 6.58. The van der Waals surface area contributed by atoms with Gasteiger partial charge in [0.25, 0.3) is 6.33 Å². The van der Waals surface area contributed by atoms with E-state index in [1.165, 1.54) is 33.2 Å². The van der Waals surface area contributed by atoms with Gasteiger partial charge >= 0.3 is 0 Å². The molecule has 302 valence electrons. The first-order valence-electron chi connectivity index (χ1n) is 20.3. The van der Waals surface area contributed by atoms with E-state index in [0.29, 0.717) is 11.5 Å². The average Bonchev–Trinajstić information content (AvgIpc) is 3.88. The van der Waals surface area contributed by atoms with Gasteiger partial charge in [-0.05, 0) is 74.6 Å². The van der Waals surface area contributed by atoms with Crippen LogP contribution in [0.3, 0.4) is 0 Å². The molecule has 5 nitrogen and oxygen atoms in total. The van der Waals surface area contributed by atoms with Crippen molar-refractivity contribution in [1.29, 1.82) is 0 Å². The molecule has 0 saturated heterocycles. The molecule has 9 aromatic rings. The Hall–Kier alpha value is -6.03. The van der Waals surface area contributed by atoms with Crippen molar-refractivity contribution >= 4 is 21.8 Å². The summed E-state index contributed by atoms with van der Waals surface area (Å²) in [4.78, 5) is 4.98. The van der Waals surface area contributed by atoms with Crippen LogP contribution in [0.25, 0.3) is 39.0 Å². The Morgan fingerprint density at radius 3 is 1.93 bits per heavy atom. The molecule has 0 radical (unpaired) electrons. The van der Waals surface area contributed by atoms with Gasteiger partial charge in [-0.1, -0.05) is 139 Å². The maximum atomic E-state index is 6.58. The number of hydrogen-bond donors (Lipinski definition) is 0. The minimum Gasteiger partial charge on any atom is -0.510 e. The van der Waals surface area contributed by atoms with Crippen molar-refractivity contribution in [2.45, 2.75) is 64.7 Å². The maximum Gasteiger partial charge on any atom is 0.267 e. The molecule has 0 atom stereocenters. The van der Waals surface area contributed by atoms with Gasteiger partial charge in [0.1, 0.15) is 5.82 Å². The Labute approximate surface area is 368 Å².